The zero-order valence-corrected chi connectivity index (χ0v) is 10.5. The van der Waals surface area contributed by atoms with Crippen LogP contribution in [-0.4, -0.2) is 24.0 Å². The van der Waals surface area contributed by atoms with Crippen LogP contribution >= 0.6 is 0 Å². The number of rotatable bonds is 3. The lowest BCUT2D eigenvalue weighted by Gasteiger charge is -2.26. The maximum atomic E-state index is 11.9. The van der Waals surface area contributed by atoms with E-state index < -0.39 is 0 Å². The number of amides is 1. The number of carbonyl (C=O) groups excluding carboxylic acids is 1. The normalized spacial score (nSPS) is 20.1. The van der Waals surface area contributed by atoms with E-state index in [4.69, 9.17) is 4.74 Å². The van der Waals surface area contributed by atoms with E-state index in [1.807, 2.05) is 17.0 Å². The van der Waals surface area contributed by atoms with Gasteiger partial charge in [-0.05, 0) is 24.5 Å². The predicted molar refractivity (Wildman–Crippen MR) is 66.1 cm³/mol. The summed E-state index contributed by atoms with van der Waals surface area (Å²) in [4.78, 5) is 18.0. The molecule has 1 aromatic heterocycles. The highest BCUT2D eigenvalue weighted by Gasteiger charge is 2.34. The summed E-state index contributed by atoms with van der Waals surface area (Å²) >= 11 is 0. The molecule has 1 aromatic rings. The van der Waals surface area contributed by atoms with Gasteiger partial charge in [0.2, 0.25) is 5.91 Å². The minimum absolute atomic E-state index is 0.168. The van der Waals surface area contributed by atoms with Gasteiger partial charge >= 0.3 is 0 Å². The molecule has 1 atom stereocenters. The van der Waals surface area contributed by atoms with Crippen molar-refractivity contribution in [2.75, 3.05) is 12.0 Å². The summed E-state index contributed by atoms with van der Waals surface area (Å²) in [5.74, 6) is 2.06. The van der Waals surface area contributed by atoms with E-state index in [1.54, 1.807) is 13.3 Å². The van der Waals surface area contributed by atoms with Crippen molar-refractivity contribution < 1.29 is 9.53 Å². The molecule has 17 heavy (non-hydrogen) atoms. The van der Waals surface area contributed by atoms with Crippen LogP contribution in [0.3, 0.4) is 0 Å². The molecule has 0 aromatic carbocycles. The highest BCUT2D eigenvalue weighted by Crippen LogP contribution is 2.29. The van der Waals surface area contributed by atoms with Crippen LogP contribution < -0.4 is 9.64 Å². The summed E-state index contributed by atoms with van der Waals surface area (Å²) in [6.45, 7) is 4.28. The van der Waals surface area contributed by atoms with Crippen LogP contribution in [0.25, 0.3) is 0 Å². The summed E-state index contributed by atoms with van der Waals surface area (Å²) in [6.07, 6.45) is 3.19. The molecule has 0 bridgehead atoms. The fourth-order valence-electron chi connectivity index (χ4n) is 2.27. The van der Waals surface area contributed by atoms with E-state index >= 15 is 0 Å². The molecular formula is C13H18N2O2. The number of hydrogen-bond donors (Lipinski definition) is 0. The van der Waals surface area contributed by atoms with Gasteiger partial charge in [0.05, 0.1) is 13.3 Å². The summed E-state index contributed by atoms with van der Waals surface area (Å²) in [5.41, 5.74) is 0. The topological polar surface area (TPSA) is 42.4 Å². The Bertz CT molecular complexity index is 400. The van der Waals surface area contributed by atoms with E-state index in [1.165, 1.54) is 0 Å². The molecule has 92 valence electrons. The van der Waals surface area contributed by atoms with Crippen LogP contribution in [0.1, 0.15) is 26.7 Å². The van der Waals surface area contributed by atoms with E-state index in [-0.39, 0.29) is 11.9 Å². The van der Waals surface area contributed by atoms with Gasteiger partial charge < -0.3 is 4.74 Å². The van der Waals surface area contributed by atoms with Crippen molar-refractivity contribution in [2.45, 2.75) is 32.7 Å². The maximum Gasteiger partial charge on any atom is 0.228 e. The second-order valence-corrected chi connectivity index (χ2v) is 4.67. The lowest BCUT2D eigenvalue weighted by atomic mass is 10.0. The highest BCUT2D eigenvalue weighted by molar-refractivity contribution is 5.95. The third-order valence-corrected chi connectivity index (χ3v) is 3.23. The summed E-state index contributed by atoms with van der Waals surface area (Å²) < 4.78 is 5.07. The van der Waals surface area contributed by atoms with Gasteiger partial charge in [-0.25, -0.2) is 4.98 Å². The molecule has 2 heterocycles. The van der Waals surface area contributed by atoms with Crippen molar-refractivity contribution in [1.82, 2.24) is 4.98 Å². The number of carbonyl (C=O) groups is 1. The highest BCUT2D eigenvalue weighted by atomic mass is 16.5. The van der Waals surface area contributed by atoms with E-state index in [9.17, 15) is 4.79 Å². The lowest BCUT2D eigenvalue weighted by Crippen LogP contribution is -2.36. The molecule has 1 aliphatic rings. The standard InChI is InChI=1S/C13H18N2O2/c1-9(2)11-5-7-13(16)15(11)12-6-4-10(17-3)8-14-12/h4,6,8-9,11H,5,7H2,1-3H3. The van der Waals surface area contributed by atoms with E-state index in [0.29, 0.717) is 18.1 Å². The number of aromatic nitrogens is 1. The third kappa shape index (κ3) is 2.25. The van der Waals surface area contributed by atoms with Crippen LogP contribution in [0.15, 0.2) is 18.3 Å². The van der Waals surface area contributed by atoms with Crippen LogP contribution in [0.5, 0.6) is 5.75 Å². The van der Waals surface area contributed by atoms with Crippen LogP contribution in [-0.2, 0) is 4.79 Å². The van der Waals surface area contributed by atoms with Crippen molar-refractivity contribution in [1.29, 1.82) is 0 Å². The Kier molecular flexibility index (Phi) is 3.31. The van der Waals surface area contributed by atoms with Gasteiger partial charge in [-0.15, -0.1) is 0 Å². The summed E-state index contributed by atoms with van der Waals surface area (Å²) in [6, 6.07) is 3.95. The first-order valence-electron chi connectivity index (χ1n) is 5.95. The molecule has 0 aliphatic carbocycles. The fourth-order valence-corrected chi connectivity index (χ4v) is 2.27. The van der Waals surface area contributed by atoms with Gasteiger partial charge in [0.1, 0.15) is 11.6 Å². The van der Waals surface area contributed by atoms with E-state index in [2.05, 4.69) is 18.8 Å². The molecular weight excluding hydrogens is 216 g/mol. The molecule has 0 N–H and O–H groups in total. The number of methoxy groups -OCH3 is 1. The fraction of sp³-hybridized carbons (Fsp3) is 0.538. The SMILES string of the molecule is COc1ccc(N2C(=O)CCC2C(C)C)nc1. The number of ether oxygens (including phenoxy) is 1. The molecule has 4 heteroatoms. The average molecular weight is 234 g/mol. The zero-order valence-electron chi connectivity index (χ0n) is 10.5. The Morgan fingerprint density at radius 3 is 2.76 bits per heavy atom. The van der Waals surface area contributed by atoms with Crippen molar-refractivity contribution >= 4 is 11.7 Å². The van der Waals surface area contributed by atoms with Gasteiger partial charge in [0.15, 0.2) is 0 Å². The first-order chi connectivity index (χ1) is 8.13. The second kappa shape index (κ2) is 4.73. The molecule has 1 aliphatic heterocycles. The van der Waals surface area contributed by atoms with Crippen LogP contribution in [0.4, 0.5) is 5.82 Å². The number of hydrogen-bond acceptors (Lipinski definition) is 3. The third-order valence-electron chi connectivity index (χ3n) is 3.23. The van der Waals surface area contributed by atoms with Gasteiger partial charge in [-0.3, -0.25) is 9.69 Å². The Morgan fingerprint density at radius 1 is 1.47 bits per heavy atom. The Hall–Kier alpha value is -1.58. The largest absolute Gasteiger partial charge is 0.495 e. The summed E-state index contributed by atoms with van der Waals surface area (Å²) in [5, 5.41) is 0. The lowest BCUT2D eigenvalue weighted by molar-refractivity contribution is -0.117. The minimum atomic E-state index is 0.168. The second-order valence-electron chi connectivity index (χ2n) is 4.67. The molecule has 1 saturated heterocycles. The molecule has 1 unspecified atom stereocenters. The van der Waals surface area contributed by atoms with Gasteiger partial charge in [-0.2, -0.15) is 0 Å². The molecule has 2 rings (SSSR count). The first kappa shape index (κ1) is 11.9. The number of nitrogens with zero attached hydrogens (tertiary/aromatic N) is 2. The average Bonchev–Trinajstić information content (AvgIpc) is 2.71. The zero-order chi connectivity index (χ0) is 12.4. The van der Waals surface area contributed by atoms with Crippen molar-refractivity contribution in [2.24, 2.45) is 5.92 Å². The smallest absolute Gasteiger partial charge is 0.228 e. The van der Waals surface area contributed by atoms with E-state index in [0.717, 1.165) is 12.2 Å². The minimum Gasteiger partial charge on any atom is -0.495 e. The predicted octanol–water partition coefficient (Wildman–Crippen LogP) is 2.24. The monoisotopic (exact) mass is 234 g/mol. The summed E-state index contributed by atoms with van der Waals surface area (Å²) in [7, 11) is 1.61. The Morgan fingerprint density at radius 2 is 2.24 bits per heavy atom. The van der Waals surface area contributed by atoms with Gasteiger partial charge in [-0.1, -0.05) is 13.8 Å². The van der Waals surface area contributed by atoms with Crippen molar-refractivity contribution in [3.8, 4) is 5.75 Å². The van der Waals surface area contributed by atoms with Crippen LogP contribution in [0.2, 0.25) is 0 Å². The maximum absolute atomic E-state index is 11.9. The van der Waals surface area contributed by atoms with Gasteiger partial charge in [0, 0.05) is 12.5 Å². The van der Waals surface area contributed by atoms with Crippen molar-refractivity contribution in [3.05, 3.63) is 18.3 Å². The molecule has 4 nitrogen and oxygen atoms in total. The first-order valence-corrected chi connectivity index (χ1v) is 5.95. The van der Waals surface area contributed by atoms with Gasteiger partial charge in [0.25, 0.3) is 0 Å². The number of pyridine rings is 1. The number of anilines is 1. The molecule has 0 spiro atoms. The van der Waals surface area contributed by atoms with Crippen molar-refractivity contribution in [3.63, 3.8) is 0 Å². The Balaban J connectivity index is 2.26. The molecule has 1 amide bonds. The Labute approximate surface area is 102 Å². The molecule has 0 radical (unpaired) electrons. The molecule has 0 saturated carbocycles. The quantitative estimate of drug-likeness (QED) is 0.805. The van der Waals surface area contributed by atoms with Crippen LogP contribution in [0, 0.1) is 5.92 Å². The molecule has 1 fully saturated rings.